The summed E-state index contributed by atoms with van der Waals surface area (Å²) in [4.78, 5) is 0. The average Bonchev–Trinajstić information content (AvgIpc) is 2.87. The molecule has 0 saturated heterocycles. The topological polar surface area (TPSA) is 60.6 Å². The molecule has 0 fully saturated rings. The molecule has 2 heterocycles. The predicted octanol–water partition coefficient (Wildman–Crippen LogP) is 0.500. The Bertz CT molecular complexity index is 444. The van der Waals surface area contributed by atoms with Gasteiger partial charge in [-0.25, -0.2) is 4.68 Å². The molecular formula is C10H16N6. The molecule has 6 heteroatoms. The molecule has 16 heavy (non-hydrogen) atoms. The van der Waals surface area contributed by atoms with Gasteiger partial charge >= 0.3 is 0 Å². The molecule has 2 rings (SSSR count). The van der Waals surface area contributed by atoms with E-state index < -0.39 is 0 Å². The summed E-state index contributed by atoms with van der Waals surface area (Å²) < 4.78 is 3.47. The summed E-state index contributed by atoms with van der Waals surface area (Å²) >= 11 is 0. The smallest absolute Gasteiger partial charge is 0.104 e. The number of hydrogen-bond acceptors (Lipinski definition) is 4. The first-order chi connectivity index (χ1) is 7.79. The molecule has 0 aliphatic rings. The molecule has 2 aromatic heterocycles. The first-order valence-corrected chi connectivity index (χ1v) is 5.40. The molecule has 0 aromatic carbocycles. The highest BCUT2D eigenvalue weighted by molar-refractivity contribution is 5.23. The van der Waals surface area contributed by atoms with Crippen LogP contribution in [-0.4, -0.2) is 31.3 Å². The minimum absolute atomic E-state index is 0.758. The minimum atomic E-state index is 0.758. The van der Waals surface area contributed by atoms with Crippen molar-refractivity contribution in [3.63, 3.8) is 0 Å². The first kappa shape index (κ1) is 10.8. The Morgan fingerprint density at radius 1 is 1.38 bits per heavy atom. The molecule has 2 aromatic rings. The van der Waals surface area contributed by atoms with Crippen molar-refractivity contribution in [3.05, 3.63) is 24.3 Å². The number of rotatable bonds is 5. The minimum Gasteiger partial charge on any atom is -0.311 e. The number of aryl methyl sites for hydroxylation is 1. The van der Waals surface area contributed by atoms with Gasteiger partial charge in [-0.15, -0.1) is 5.10 Å². The van der Waals surface area contributed by atoms with Crippen molar-refractivity contribution < 1.29 is 0 Å². The molecule has 0 bridgehead atoms. The molecule has 0 aliphatic heterocycles. The molecule has 0 spiro atoms. The van der Waals surface area contributed by atoms with E-state index in [1.54, 1.807) is 15.6 Å². The van der Waals surface area contributed by atoms with Gasteiger partial charge in [0.25, 0.3) is 0 Å². The van der Waals surface area contributed by atoms with Crippen LogP contribution in [0.3, 0.4) is 0 Å². The van der Waals surface area contributed by atoms with Gasteiger partial charge in [-0.2, -0.15) is 5.10 Å². The van der Waals surface area contributed by atoms with Crippen LogP contribution in [0.4, 0.5) is 0 Å². The van der Waals surface area contributed by atoms with Crippen LogP contribution in [0, 0.1) is 0 Å². The molecule has 6 nitrogen and oxygen atoms in total. The summed E-state index contributed by atoms with van der Waals surface area (Å²) in [6.45, 7) is 3.90. The van der Waals surface area contributed by atoms with Gasteiger partial charge in [0.2, 0.25) is 0 Å². The Labute approximate surface area is 94.3 Å². The van der Waals surface area contributed by atoms with E-state index >= 15 is 0 Å². The van der Waals surface area contributed by atoms with E-state index in [1.165, 1.54) is 0 Å². The van der Waals surface area contributed by atoms with Gasteiger partial charge in [0.05, 0.1) is 24.3 Å². The van der Waals surface area contributed by atoms with Crippen LogP contribution in [0.5, 0.6) is 0 Å². The Morgan fingerprint density at radius 3 is 2.94 bits per heavy atom. The summed E-state index contributed by atoms with van der Waals surface area (Å²) in [6.07, 6.45) is 6.70. The molecule has 86 valence electrons. The molecule has 0 amide bonds. The molecule has 0 atom stereocenters. The summed E-state index contributed by atoms with van der Waals surface area (Å²) in [6, 6.07) is 0. The maximum atomic E-state index is 4.09. The van der Waals surface area contributed by atoms with Gasteiger partial charge in [0.1, 0.15) is 5.69 Å². The van der Waals surface area contributed by atoms with Gasteiger partial charge in [-0.1, -0.05) is 12.1 Å². The molecule has 0 unspecified atom stereocenters. The second-order valence-electron chi connectivity index (χ2n) is 3.70. The lowest BCUT2D eigenvalue weighted by molar-refractivity contribution is 0.662. The summed E-state index contributed by atoms with van der Waals surface area (Å²) in [5, 5.41) is 15.5. The highest BCUT2D eigenvalue weighted by atomic mass is 15.4. The first-order valence-electron chi connectivity index (χ1n) is 5.40. The van der Waals surface area contributed by atoms with Gasteiger partial charge in [0.15, 0.2) is 0 Å². The van der Waals surface area contributed by atoms with Crippen molar-refractivity contribution in [1.29, 1.82) is 0 Å². The third-order valence-electron chi connectivity index (χ3n) is 2.23. The third kappa shape index (κ3) is 2.46. The lowest BCUT2D eigenvalue weighted by Crippen LogP contribution is -2.13. The second kappa shape index (κ2) is 4.89. The predicted molar refractivity (Wildman–Crippen MR) is 60.1 cm³/mol. The lowest BCUT2D eigenvalue weighted by Gasteiger charge is -1.97. The van der Waals surface area contributed by atoms with E-state index in [0.717, 1.165) is 30.9 Å². The van der Waals surface area contributed by atoms with Crippen LogP contribution in [-0.2, 0) is 13.6 Å². The van der Waals surface area contributed by atoms with E-state index in [0.29, 0.717) is 0 Å². The van der Waals surface area contributed by atoms with E-state index in [1.807, 2.05) is 19.4 Å². The maximum absolute atomic E-state index is 4.09. The molecule has 0 aliphatic carbocycles. The van der Waals surface area contributed by atoms with Gasteiger partial charge in [0, 0.05) is 13.6 Å². The van der Waals surface area contributed by atoms with Gasteiger partial charge in [-0.3, -0.25) is 4.68 Å². The summed E-state index contributed by atoms with van der Waals surface area (Å²) in [7, 11) is 1.88. The van der Waals surface area contributed by atoms with E-state index in [-0.39, 0.29) is 0 Å². The maximum Gasteiger partial charge on any atom is 0.104 e. The van der Waals surface area contributed by atoms with Crippen molar-refractivity contribution in [2.45, 2.75) is 19.9 Å². The Kier molecular flexibility index (Phi) is 3.31. The zero-order chi connectivity index (χ0) is 11.4. The van der Waals surface area contributed by atoms with Gasteiger partial charge < -0.3 is 5.32 Å². The average molecular weight is 220 g/mol. The quantitative estimate of drug-likeness (QED) is 0.745. The fraction of sp³-hybridized carbons (Fsp3) is 0.500. The lowest BCUT2D eigenvalue weighted by atomic mass is 10.4. The van der Waals surface area contributed by atoms with Crippen molar-refractivity contribution >= 4 is 0 Å². The van der Waals surface area contributed by atoms with E-state index in [4.69, 9.17) is 0 Å². The monoisotopic (exact) mass is 220 g/mol. The van der Waals surface area contributed by atoms with Crippen LogP contribution in [0.25, 0.3) is 5.69 Å². The fourth-order valence-corrected chi connectivity index (χ4v) is 1.43. The standard InChI is InChI=1S/C10H16N6/c1-3-4-11-5-9-7-16(14-13-9)10-6-12-15(2)8-10/h6-8,11H,3-5H2,1-2H3. The summed E-state index contributed by atoms with van der Waals surface area (Å²) in [5.74, 6) is 0. The molecule has 1 N–H and O–H groups in total. The van der Waals surface area contributed by atoms with Crippen LogP contribution >= 0.6 is 0 Å². The van der Waals surface area contributed by atoms with E-state index in [2.05, 4.69) is 27.7 Å². The Balaban J connectivity index is 2.02. The van der Waals surface area contributed by atoms with Crippen molar-refractivity contribution in [2.75, 3.05) is 6.54 Å². The third-order valence-corrected chi connectivity index (χ3v) is 2.23. The molecule has 0 radical (unpaired) electrons. The molecule has 0 saturated carbocycles. The SMILES string of the molecule is CCCNCc1cn(-c2cnn(C)c2)nn1. The molecular weight excluding hydrogens is 204 g/mol. The Morgan fingerprint density at radius 2 is 2.25 bits per heavy atom. The Hall–Kier alpha value is -1.69. The van der Waals surface area contributed by atoms with Crippen molar-refractivity contribution in [2.24, 2.45) is 7.05 Å². The fourth-order valence-electron chi connectivity index (χ4n) is 1.43. The summed E-state index contributed by atoms with van der Waals surface area (Å²) in [5.41, 5.74) is 1.87. The highest BCUT2D eigenvalue weighted by Crippen LogP contribution is 2.04. The number of nitrogens with one attached hydrogen (secondary N) is 1. The largest absolute Gasteiger partial charge is 0.311 e. The van der Waals surface area contributed by atoms with Crippen LogP contribution in [0.1, 0.15) is 19.0 Å². The van der Waals surface area contributed by atoms with Gasteiger partial charge in [-0.05, 0) is 13.0 Å². The zero-order valence-corrected chi connectivity index (χ0v) is 9.59. The highest BCUT2D eigenvalue weighted by Gasteiger charge is 2.03. The van der Waals surface area contributed by atoms with Crippen LogP contribution in [0.15, 0.2) is 18.6 Å². The van der Waals surface area contributed by atoms with Crippen LogP contribution < -0.4 is 5.32 Å². The van der Waals surface area contributed by atoms with Crippen molar-refractivity contribution in [3.8, 4) is 5.69 Å². The number of aromatic nitrogens is 5. The van der Waals surface area contributed by atoms with Crippen LogP contribution in [0.2, 0.25) is 0 Å². The van der Waals surface area contributed by atoms with Crippen molar-refractivity contribution in [1.82, 2.24) is 30.1 Å². The normalized spacial score (nSPS) is 10.9. The zero-order valence-electron chi connectivity index (χ0n) is 9.59. The number of hydrogen-bond donors (Lipinski definition) is 1. The second-order valence-corrected chi connectivity index (χ2v) is 3.70. The van der Waals surface area contributed by atoms with E-state index in [9.17, 15) is 0 Å². The number of nitrogens with zero attached hydrogens (tertiary/aromatic N) is 5.